The second kappa shape index (κ2) is 7.18. The number of hydrogen-bond acceptors (Lipinski definition) is 3. The van der Waals surface area contributed by atoms with Crippen molar-refractivity contribution in [1.82, 2.24) is 5.06 Å². The van der Waals surface area contributed by atoms with Gasteiger partial charge in [0, 0.05) is 7.05 Å². The molecule has 48 valence electrons. The van der Waals surface area contributed by atoms with E-state index in [1.165, 1.54) is 5.06 Å². The number of rotatable bonds is 2. The van der Waals surface area contributed by atoms with Crippen LogP contribution in [0.2, 0.25) is 0 Å². The van der Waals surface area contributed by atoms with Crippen LogP contribution >= 0.6 is 12.2 Å². The molecule has 0 radical (unpaired) electrons. The minimum Gasteiger partial charge on any atom is -0.409 e. The molecular weight excluding hydrogens is 165 g/mol. The van der Waals surface area contributed by atoms with Crippen LogP contribution in [0.3, 0.4) is 0 Å². The van der Waals surface area contributed by atoms with Crippen molar-refractivity contribution in [3.63, 3.8) is 0 Å². The Labute approximate surface area is 88.6 Å². The summed E-state index contributed by atoms with van der Waals surface area (Å²) in [7, 11) is 1.69. The van der Waals surface area contributed by atoms with Gasteiger partial charge in [-0.25, -0.2) is 0 Å². The van der Waals surface area contributed by atoms with E-state index in [0.717, 1.165) is 0 Å². The van der Waals surface area contributed by atoms with E-state index in [1.807, 2.05) is 6.92 Å². The summed E-state index contributed by atoms with van der Waals surface area (Å²) in [6.45, 7) is 2.48. The predicted octanol–water partition coefficient (Wildman–Crippen LogP) is -2.29. The molecule has 0 aromatic carbocycles. The summed E-state index contributed by atoms with van der Waals surface area (Å²) in [5.41, 5.74) is 0. The quantitative estimate of drug-likeness (QED) is 0.201. The standard InChI is InChI=1S/C4H9NOS2.Na/c1-3-6-5(2)4(7)8;/h3H2,1-2H3,(H,7,8);/q;+1/p-1. The molecule has 5 heteroatoms. The molecule has 0 aromatic rings. The van der Waals surface area contributed by atoms with Gasteiger partial charge in [0.25, 0.3) is 0 Å². The first-order chi connectivity index (χ1) is 3.68. The zero-order chi connectivity index (χ0) is 6.57. The van der Waals surface area contributed by atoms with E-state index in [2.05, 4.69) is 24.8 Å². The van der Waals surface area contributed by atoms with Gasteiger partial charge in [0.15, 0.2) is 0 Å². The molecule has 0 aromatic heterocycles. The van der Waals surface area contributed by atoms with Crippen LogP contribution in [0.4, 0.5) is 0 Å². The Morgan fingerprint density at radius 1 is 1.78 bits per heavy atom. The Morgan fingerprint density at radius 2 is 2.22 bits per heavy atom. The average molecular weight is 173 g/mol. The number of nitrogens with zero attached hydrogens (tertiary/aromatic N) is 1. The molecule has 0 saturated heterocycles. The minimum atomic E-state index is 0. The molecule has 0 spiro atoms. The molecule has 0 unspecified atom stereocenters. The van der Waals surface area contributed by atoms with Gasteiger partial charge in [0.1, 0.15) is 0 Å². The molecular formula is C4H8NNaOS2. The van der Waals surface area contributed by atoms with Crippen molar-refractivity contribution in [1.29, 1.82) is 0 Å². The molecule has 9 heavy (non-hydrogen) atoms. The molecule has 0 saturated carbocycles. The maximum absolute atomic E-state index is 4.89. The van der Waals surface area contributed by atoms with Crippen molar-refractivity contribution in [2.45, 2.75) is 6.92 Å². The minimum absolute atomic E-state index is 0. The Bertz CT molecular complexity index is 90.6. The van der Waals surface area contributed by atoms with E-state index in [1.54, 1.807) is 7.05 Å². The summed E-state index contributed by atoms with van der Waals surface area (Å²) in [5.74, 6) is 0. The Balaban J connectivity index is 0. The van der Waals surface area contributed by atoms with Gasteiger partial charge in [-0.05, 0) is 11.2 Å². The molecule has 0 atom stereocenters. The summed E-state index contributed by atoms with van der Waals surface area (Å²) in [6.07, 6.45) is 0. The van der Waals surface area contributed by atoms with Crippen LogP contribution in [-0.2, 0) is 17.5 Å². The SMILES string of the molecule is CCON(C)C(=S)[S-].[Na+]. The largest absolute Gasteiger partial charge is 1.00 e. The second-order valence-electron chi connectivity index (χ2n) is 1.18. The number of hydrogen-bond donors (Lipinski definition) is 0. The molecule has 2 nitrogen and oxygen atoms in total. The van der Waals surface area contributed by atoms with E-state index in [0.29, 0.717) is 10.9 Å². The van der Waals surface area contributed by atoms with Crippen molar-refractivity contribution < 1.29 is 34.4 Å². The van der Waals surface area contributed by atoms with Crippen LogP contribution in [0.15, 0.2) is 0 Å². The summed E-state index contributed by atoms with van der Waals surface area (Å²) in [5, 5.41) is 1.39. The molecule has 0 aliphatic rings. The molecule has 0 aliphatic carbocycles. The van der Waals surface area contributed by atoms with Crippen LogP contribution in [-0.4, -0.2) is 23.0 Å². The fourth-order valence-electron chi connectivity index (χ4n) is 0.246. The Hall–Kier alpha value is 1.07. The molecule has 0 bridgehead atoms. The van der Waals surface area contributed by atoms with Crippen molar-refractivity contribution in [3.8, 4) is 0 Å². The van der Waals surface area contributed by atoms with Gasteiger partial charge < -0.3 is 24.8 Å². The maximum atomic E-state index is 4.89. The topological polar surface area (TPSA) is 12.5 Å². The third-order valence-electron chi connectivity index (χ3n) is 0.580. The summed E-state index contributed by atoms with van der Waals surface area (Å²) in [6, 6.07) is 0. The van der Waals surface area contributed by atoms with Crippen molar-refractivity contribution >= 4 is 29.2 Å². The first-order valence-electron chi connectivity index (χ1n) is 2.26. The normalized spacial score (nSPS) is 7.78. The van der Waals surface area contributed by atoms with Crippen LogP contribution in [0.1, 0.15) is 6.92 Å². The second-order valence-corrected chi connectivity index (χ2v) is 2.21. The molecule has 0 heterocycles. The van der Waals surface area contributed by atoms with E-state index < -0.39 is 0 Å². The molecule has 0 amide bonds. The van der Waals surface area contributed by atoms with Gasteiger partial charge in [0.2, 0.25) is 0 Å². The fraction of sp³-hybridized carbons (Fsp3) is 0.750. The van der Waals surface area contributed by atoms with Gasteiger partial charge in [0.05, 0.1) is 6.61 Å². The summed E-state index contributed by atoms with van der Waals surface area (Å²) < 4.78 is 0.340. The van der Waals surface area contributed by atoms with E-state index in [4.69, 9.17) is 4.84 Å². The number of hydroxylamine groups is 2. The van der Waals surface area contributed by atoms with E-state index in [9.17, 15) is 0 Å². The smallest absolute Gasteiger partial charge is 0.409 e. The first-order valence-corrected chi connectivity index (χ1v) is 3.07. The van der Waals surface area contributed by atoms with Gasteiger partial charge in [-0.3, -0.25) is 9.90 Å². The Morgan fingerprint density at radius 3 is 2.33 bits per heavy atom. The third kappa shape index (κ3) is 6.96. The molecule has 0 rings (SSSR count). The van der Waals surface area contributed by atoms with Crippen molar-refractivity contribution in [3.05, 3.63) is 0 Å². The first kappa shape index (κ1) is 12.7. The third-order valence-corrected chi connectivity index (χ3v) is 1.09. The van der Waals surface area contributed by atoms with Crippen LogP contribution in [0.25, 0.3) is 0 Å². The van der Waals surface area contributed by atoms with Crippen LogP contribution < -0.4 is 29.6 Å². The Kier molecular flexibility index (Phi) is 10.1. The molecule has 0 fully saturated rings. The van der Waals surface area contributed by atoms with E-state index >= 15 is 0 Å². The van der Waals surface area contributed by atoms with Crippen molar-refractivity contribution in [2.75, 3.05) is 13.7 Å². The summed E-state index contributed by atoms with van der Waals surface area (Å²) >= 11 is 9.20. The van der Waals surface area contributed by atoms with Crippen LogP contribution in [0, 0.1) is 0 Å². The monoisotopic (exact) mass is 173 g/mol. The van der Waals surface area contributed by atoms with Gasteiger partial charge >= 0.3 is 29.6 Å². The maximum Gasteiger partial charge on any atom is 1.00 e. The zero-order valence-corrected chi connectivity index (χ0v) is 9.51. The average Bonchev–Trinajstić information content (AvgIpc) is 1.67. The van der Waals surface area contributed by atoms with E-state index in [-0.39, 0.29) is 29.6 Å². The fourth-order valence-corrected chi connectivity index (χ4v) is 0.352. The zero-order valence-electron chi connectivity index (χ0n) is 5.88. The molecule has 0 N–H and O–H groups in total. The van der Waals surface area contributed by atoms with Gasteiger partial charge in [-0.1, -0.05) is 0 Å². The number of thiocarbonyl (C=S) groups is 1. The molecule has 0 aliphatic heterocycles. The van der Waals surface area contributed by atoms with Gasteiger partial charge in [-0.2, -0.15) is 0 Å². The van der Waals surface area contributed by atoms with Crippen LogP contribution in [0.5, 0.6) is 0 Å². The summed E-state index contributed by atoms with van der Waals surface area (Å²) in [4.78, 5) is 4.89. The van der Waals surface area contributed by atoms with Crippen molar-refractivity contribution in [2.24, 2.45) is 0 Å². The van der Waals surface area contributed by atoms with Gasteiger partial charge in [-0.15, -0.1) is 0 Å². The predicted molar refractivity (Wildman–Crippen MR) is 39.4 cm³/mol.